The normalized spacial score (nSPS) is 18.2. The van der Waals surface area contributed by atoms with Crippen molar-refractivity contribution in [2.75, 3.05) is 11.4 Å². The lowest BCUT2D eigenvalue weighted by Gasteiger charge is -2.22. The second-order valence-electron chi connectivity index (χ2n) is 7.07. The molecule has 0 spiro atoms. The van der Waals surface area contributed by atoms with Gasteiger partial charge in [0.25, 0.3) is 5.91 Å². The predicted molar refractivity (Wildman–Crippen MR) is 114 cm³/mol. The van der Waals surface area contributed by atoms with Crippen LogP contribution < -0.4 is 4.90 Å². The number of amides is 1. The number of aliphatic hydroxyl groups is 1. The summed E-state index contributed by atoms with van der Waals surface area (Å²) >= 11 is 0. The highest BCUT2D eigenvalue weighted by Crippen LogP contribution is 2.42. The fraction of sp³-hybridized carbons (Fsp3) is 0.120. The van der Waals surface area contributed by atoms with Gasteiger partial charge in [-0.15, -0.1) is 0 Å². The molecule has 1 aliphatic rings. The van der Waals surface area contributed by atoms with Crippen LogP contribution in [0.4, 0.5) is 5.69 Å². The Morgan fingerprint density at radius 1 is 0.897 bits per heavy atom. The number of para-hydroxylation sites is 1. The van der Waals surface area contributed by atoms with Crippen LogP contribution in [0.1, 0.15) is 27.9 Å². The first-order chi connectivity index (χ1) is 14.1. The molecule has 0 aromatic heterocycles. The number of anilines is 1. The fourth-order valence-electron chi connectivity index (χ4n) is 3.68. The minimum absolute atomic E-state index is 0.266. The number of hydrogen-bond acceptors (Lipinski definition) is 3. The van der Waals surface area contributed by atoms with Gasteiger partial charge in [0.05, 0.1) is 12.1 Å². The standard InChI is InChI=1S/C25H21NO3/c27-23(20-13-5-2-6-14-20)18-25(29)21-15-7-8-16-22(21)26(24(25)28)17-9-12-19-10-3-1-4-11-19/h1-16,29H,17-18H2/b12-9-/t25-/m0/s1. The number of nitrogens with zero attached hydrogens (tertiary/aromatic N) is 1. The lowest BCUT2D eigenvalue weighted by atomic mass is 9.88. The van der Waals surface area contributed by atoms with Crippen LogP contribution >= 0.6 is 0 Å². The third kappa shape index (κ3) is 3.62. The molecular weight excluding hydrogens is 362 g/mol. The first-order valence-corrected chi connectivity index (χ1v) is 9.53. The molecule has 0 unspecified atom stereocenters. The van der Waals surface area contributed by atoms with E-state index in [-0.39, 0.29) is 12.2 Å². The Morgan fingerprint density at radius 2 is 1.52 bits per heavy atom. The number of fused-ring (bicyclic) bond motifs is 1. The van der Waals surface area contributed by atoms with Crippen LogP contribution in [-0.4, -0.2) is 23.3 Å². The zero-order chi connectivity index (χ0) is 20.3. The second-order valence-corrected chi connectivity index (χ2v) is 7.07. The molecule has 1 aliphatic heterocycles. The minimum Gasteiger partial charge on any atom is -0.375 e. The van der Waals surface area contributed by atoms with E-state index in [0.717, 1.165) is 5.56 Å². The molecule has 29 heavy (non-hydrogen) atoms. The average molecular weight is 383 g/mol. The molecule has 1 amide bonds. The highest BCUT2D eigenvalue weighted by atomic mass is 16.3. The molecule has 0 fully saturated rings. The Hall–Kier alpha value is -3.50. The first kappa shape index (κ1) is 18.8. The summed E-state index contributed by atoms with van der Waals surface area (Å²) in [6, 6.07) is 25.6. The highest BCUT2D eigenvalue weighted by molar-refractivity contribution is 6.10. The molecule has 3 aromatic carbocycles. The molecule has 144 valence electrons. The van der Waals surface area contributed by atoms with Gasteiger partial charge in [0, 0.05) is 17.7 Å². The quantitative estimate of drug-likeness (QED) is 0.649. The molecule has 0 saturated heterocycles. The van der Waals surface area contributed by atoms with Crippen molar-refractivity contribution in [2.45, 2.75) is 12.0 Å². The summed E-state index contributed by atoms with van der Waals surface area (Å²) in [7, 11) is 0. The fourth-order valence-corrected chi connectivity index (χ4v) is 3.68. The van der Waals surface area contributed by atoms with E-state index in [2.05, 4.69) is 0 Å². The van der Waals surface area contributed by atoms with Crippen molar-refractivity contribution in [1.29, 1.82) is 0 Å². The molecule has 4 nitrogen and oxygen atoms in total. The highest BCUT2D eigenvalue weighted by Gasteiger charge is 2.50. The molecule has 1 N–H and O–H groups in total. The maximum absolute atomic E-state index is 13.2. The molecule has 1 atom stereocenters. The summed E-state index contributed by atoms with van der Waals surface area (Å²) in [4.78, 5) is 27.4. The van der Waals surface area contributed by atoms with Gasteiger partial charge in [-0.3, -0.25) is 9.59 Å². The van der Waals surface area contributed by atoms with Gasteiger partial charge in [-0.2, -0.15) is 0 Å². The smallest absolute Gasteiger partial charge is 0.264 e. The number of Topliss-reactive ketones (excluding diaryl/α,β-unsaturated/α-hetero) is 1. The summed E-state index contributed by atoms with van der Waals surface area (Å²) < 4.78 is 0. The number of ketones is 1. The van der Waals surface area contributed by atoms with Crippen molar-refractivity contribution in [3.8, 4) is 0 Å². The minimum atomic E-state index is -1.86. The number of benzene rings is 3. The van der Waals surface area contributed by atoms with E-state index in [1.165, 1.54) is 4.90 Å². The van der Waals surface area contributed by atoms with Gasteiger partial charge in [-0.25, -0.2) is 0 Å². The molecule has 0 radical (unpaired) electrons. The summed E-state index contributed by atoms with van der Waals surface area (Å²) in [5, 5.41) is 11.3. The van der Waals surface area contributed by atoms with Crippen molar-refractivity contribution in [2.24, 2.45) is 0 Å². The Morgan fingerprint density at radius 3 is 2.24 bits per heavy atom. The molecule has 3 aromatic rings. The summed E-state index contributed by atoms with van der Waals surface area (Å²) in [5.74, 6) is -0.737. The van der Waals surface area contributed by atoms with E-state index in [1.54, 1.807) is 42.5 Å². The van der Waals surface area contributed by atoms with Crippen LogP contribution in [0.2, 0.25) is 0 Å². The van der Waals surface area contributed by atoms with Gasteiger partial charge in [0.15, 0.2) is 11.4 Å². The predicted octanol–water partition coefficient (Wildman–Crippen LogP) is 4.21. The van der Waals surface area contributed by atoms with Gasteiger partial charge >= 0.3 is 0 Å². The zero-order valence-corrected chi connectivity index (χ0v) is 15.9. The molecule has 4 rings (SSSR count). The summed E-state index contributed by atoms with van der Waals surface area (Å²) in [6.45, 7) is 0.312. The third-order valence-electron chi connectivity index (χ3n) is 5.15. The third-order valence-corrected chi connectivity index (χ3v) is 5.15. The van der Waals surface area contributed by atoms with Crippen LogP contribution in [0.3, 0.4) is 0 Å². The Balaban J connectivity index is 1.60. The van der Waals surface area contributed by atoms with E-state index in [4.69, 9.17) is 0 Å². The van der Waals surface area contributed by atoms with Crippen molar-refractivity contribution in [3.63, 3.8) is 0 Å². The molecule has 0 aliphatic carbocycles. The number of rotatable bonds is 6. The topological polar surface area (TPSA) is 57.6 Å². The van der Waals surface area contributed by atoms with Crippen molar-refractivity contribution in [1.82, 2.24) is 0 Å². The van der Waals surface area contributed by atoms with Gasteiger partial charge in [0.1, 0.15) is 0 Å². The van der Waals surface area contributed by atoms with Gasteiger partial charge in [0.2, 0.25) is 0 Å². The van der Waals surface area contributed by atoms with Crippen LogP contribution in [0.25, 0.3) is 6.08 Å². The van der Waals surface area contributed by atoms with Gasteiger partial charge in [-0.05, 0) is 11.6 Å². The van der Waals surface area contributed by atoms with Crippen molar-refractivity contribution >= 4 is 23.5 Å². The first-order valence-electron chi connectivity index (χ1n) is 9.53. The molecular formula is C25H21NO3. The van der Waals surface area contributed by atoms with Crippen LogP contribution in [0.5, 0.6) is 0 Å². The van der Waals surface area contributed by atoms with Crippen LogP contribution in [0, 0.1) is 0 Å². The SMILES string of the molecule is O=C(C[C@@]1(O)C(=O)N(C/C=C\c2ccccc2)c2ccccc21)c1ccccc1. The van der Waals surface area contributed by atoms with Crippen LogP contribution in [0.15, 0.2) is 91.0 Å². The van der Waals surface area contributed by atoms with E-state index in [1.807, 2.05) is 54.6 Å². The van der Waals surface area contributed by atoms with E-state index < -0.39 is 11.5 Å². The molecule has 4 heteroatoms. The monoisotopic (exact) mass is 383 g/mol. The number of carbonyl (C=O) groups is 2. The van der Waals surface area contributed by atoms with E-state index in [0.29, 0.717) is 23.4 Å². The average Bonchev–Trinajstić information content (AvgIpc) is 2.97. The van der Waals surface area contributed by atoms with Crippen molar-refractivity contribution in [3.05, 3.63) is 108 Å². The van der Waals surface area contributed by atoms with E-state index in [9.17, 15) is 14.7 Å². The number of carbonyl (C=O) groups excluding carboxylic acids is 2. The van der Waals surface area contributed by atoms with E-state index >= 15 is 0 Å². The maximum Gasteiger partial charge on any atom is 0.264 e. The molecule has 0 saturated carbocycles. The Bertz CT molecular complexity index is 1060. The lowest BCUT2D eigenvalue weighted by Crippen LogP contribution is -2.41. The molecule has 0 bridgehead atoms. The Kier molecular flexibility index (Phi) is 5.10. The van der Waals surface area contributed by atoms with Crippen LogP contribution in [-0.2, 0) is 10.4 Å². The number of hydrogen-bond donors (Lipinski definition) is 1. The zero-order valence-electron chi connectivity index (χ0n) is 15.9. The molecule has 1 heterocycles. The Labute approximate surface area is 169 Å². The van der Waals surface area contributed by atoms with Crippen molar-refractivity contribution < 1.29 is 14.7 Å². The van der Waals surface area contributed by atoms with Gasteiger partial charge < -0.3 is 10.0 Å². The largest absolute Gasteiger partial charge is 0.375 e. The van der Waals surface area contributed by atoms with Gasteiger partial charge in [-0.1, -0.05) is 91.0 Å². The maximum atomic E-state index is 13.2. The second kappa shape index (κ2) is 7.86. The summed E-state index contributed by atoms with van der Waals surface area (Å²) in [5.41, 5.74) is 0.765. The summed E-state index contributed by atoms with van der Waals surface area (Å²) in [6.07, 6.45) is 3.53. The lowest BCUT2D eigenvalue weighted by molar-refractivity contribution is -0.135.